The molecule has 2 aromatic carbocycles. The monoisotopic (exact) mass is 401 g/mol. The zero-order chi connectivity index (χ0) is 20.1. The number of hydrogen-bond donors (Lipinski definition) is 1. The number of anilines is 1. The number of aryl methyl sites for hydroxylation is 1. The molecule has 1 N–H and O–H groups in total. The Bertz CT molecular complexity index is 1020. The van der Waals surface area contributed by atoms with E-state index in [1.165, 1.54) is 10.4 Å². The summed E-state index contributed by atoms with van der Waals surface area (Å²) in [6.45, 7) is 2.65. The molecule has 0 spiro atoms. The summed E-state index contributed by atoms with van der Waals surface area (Å²) in [7, 11) is 0. The first-order valence-electron chi connectivity index (χ1n) is 9.87. The molecule has 1 aliphatic heterocycles. The number of benzene rings is 2. The lowest BCUT2D eigenvalue weighted by molar-refractivity contribution is -0.116. The minimum absolute atomic E-state index is 0.0370. The van der Waals surface area contributed by atoms with Crippen LogP contribution in [0.5, 0.6) is 0 Å². The van der Waals surface area contributed by atoms with Gasteiger partial charge in [0.1, 0.15) is 11.1 Å². The zero-order valence-corrected chi connectivity index (χ0v) is 17.0. The van der Waals surface area contributed by atoms with Crippen LogP contribution in [0.1, 0.15) is 33.6 Å². The predicted octanol–water partition coefficient (Wildman–Crippen LogP) is 4.75. The second-order valence-electron chi connectivity index (χ2n) is 7.30. The number of carbonyl (C=O) groups excluding carboxylic acids is 1. The maximum Gasteiger partial charge on any atom is 0.225 e. The molecule has 0 fully saturated rings. The van der Waals surface area contributed by atoms with Crippen molar-refractivity contribution < 1.29 is 4.79 Å². The van der Waals surface area contributed by atoms with E-state index in [1.54, 1.807) is 11.3 Å². The Hall–Kier alpha value is -2.94. The predicted molar refractivity (Wildman–Crippen MR) is 117 cm³/mol. The molecule has 0 aliphatic carbocycles. The number of fused-ring (bicyclic) bond motifs is 1. The van der Waals surface area contributed by atoms with Crippen molar-refractivity contribution in [3.05, 3.63) is 87.8 Å². The van der Waals surface area contributed by atoms with Gasteiger partial charge in [0.2, 0.25) is 5.91 Å². The van der Waals surface area contributed by atoms with Crippen LogP contribution in [-0.2, 0) is 30.7 Å². The minimum Gasteiger partial charge on any atom is -0.317 e. The van der Waals surface area contributed by atoms with Crippen LogP contribution in [0.2, 0.25) is 0 Å². The Labute approximate surface area is 175 Å². The van der Waals surface area contributed by atoms with Gasteiger partial charge in [0, 0.05) is 30.9 Å². The van der Waals surface area contributed by atoms with Gasteiger partial charge in [-0.25, -0.2) is 0 Å². The maximum atomic E-state index is 12.4. The van der Waals surface area contributed by atoms with Crippen molar-refractivity contribution in [3.63, 3.8) is 0 Å². The van der Waals surface area contributed by atoms with Gasteiger partial charge in [0.25, 0.3) is 0 Å². The molecule has 29 heavy (non-hydrogen) atoms. The van der Waals surface area contributed by atoms with E-state index in [9.17, 15) is 10.1 Å². The Balaban J connectivity index is 1.42. The smallest absolute Gasteiger partial charge is 0.225 e. The molecular weight excluding hydrogens is 378 g/mol. The van der Waals surface area contributed by atoms with Crippen molar-refractivity contribution in [1.29, 1.82) is 5.26 Å². The van der Waals surface area contributed by atoms with E-state index < -0.39 is 0 Å². The van der Waals surface area contributed by atoms with Crippen molar-refractivity contribution in [2.45, 2.75) is 32.4 Å². The van der Waals surface area contributed by atoms with E-state index in [0.29, 0.717) is 23.4 Å². The summed E-state index contributed by atoms with van der Waals surface area (Å²) in [4.78, 5) is 16.0. The van der Waals surface area contributed by atoms with Crippen molar-refractivity contribution in [2.24, 2.45) is 0 Å². The van der Waals surface area contributed by atoms with Crippen molar-refractivity contribution in [2.75, 3.05) is 11.9 Å². The van der Waals surface area contributed by atoms with E-state index in [1.807, 2.05) is 36.4 Å². The molecule has 2 heterocycles. The highest BCUT2D eigenvalue weighted by atomic mass is 32.1. The van der Waals surface area contributed by atoms with Crippen LogP contribution in [-0.4, -0.2) is 17.4 Å². The van der Waals surface area contributed by atoms with Gasteiger partial charge in [-0.15, -0.1) is 11.3 Å². The fourth-order valence-electron chi connectivity index (χ4n) is 3.73. The summed E-state index contributed by atoms with van der Waals surface area (Å²) in [5.41, 5.74) is 4.20. The molecule has 0 unspecified atom stereocenters. The van der Waals surface area contributed by atoms with Gasteiger partial charge in [-0.1, -0.05) is 60.7 Å². The maximum absolute atomic E-state index is 12.4. The van der Waals surface area contributed by atoms with Crippen LogP contribution in [0.15, 0.2) is 60.7 Å². The highest BCUT2D eigenvalue weighted by Gasteiger charge is 2.25. The summed E-state index contributed by atoms with van der Waals surface area (Å²) in [6, 6.07) is 22.8. The molecule has 146 valence electrons. The SMILES string of the molecule is N#Cc1c(NC(=O)CCc2ccccc2)sc2c1CCN(Cc1ccccc1)C2. The fourth-order valence-corrected chi connectivity index (χ4v) is 4.99. The topological polar surface area (TPSA) is 56.1 Å². The van der Waals surface area contributed by atoms with E-state index >= 15 is 0 Å². The molecule has 0 saturated heterocycles. The molecule has 3 aromatic rings. The molecule has 0 saturated carbocycles. The molecule has 5 heteroatoms. The van der Waals surface area contributed by atoms with Gasteiger partial charge in [0.05, 0.1) is 5.56 Å². The molecule has 0 bridgehead atoms. The Kier molecular flexibility index (Phi) is 6.04. The number of nitriles is 1. The Morgan fingerprint density at radius 3 is 2.45 bits per heavy atom. The average molecular weight is 402 g/mol. The van der Waals surface area contributed by atoms with Crippen molar-refractivity contribution >= 4 is 22.2 Å². The number of nitrogens with one attached hydrogen (secondary N) is 1. The first kappa shape index (κ1) is 19.4. The third-order valence-corrected chi connectivity index (χ3v) is 6.37. The summed E-state index contributed by atoms with van der Waals surface area (Å²) in [5.74, 6) is -0.0370. The molecule has 4 rings (SSSR count). The molecule has 0 atom stereocenters. The normalized spacial score (nSPS) is 13.5. The molecule has 1 amide bonds. The Morgan fingerprint density at radius 1 is 1.07 bits per heavy atom. The molecule has 4 nitrogen and oxygen atoms in total. The first-order valence-corrected chi connectivity index (χ1v) is 10.7. The first-order chi connectivity index (χ1) is 14.2. The lowest BCUT2D eigenvalue weighted by Gasteiger charge is -2.26. The van der Waals surface area contributed by atoms with Crippen molar-refractivity contribution in [1.82, 2.24) is 4.90 Å². The summed E-state index contributed by atoms with van der Waals surface area (Å²) in [6.07, 6.45) is 1.96. The van der Waals surface area contributed by atoms with Crippen LogP contribution in [0.4, 0.5) is 5.00 Å². The number of amides is 1. The quantitative estimate of drug-likeness (QED) is 0.648. The summed E-state index contributed by atoms with van der Waals surface area (Å²) < 4.78 is 0. The van der Waals surface area contributed by atoms with Crippen LogP contribution in [0.3, 0.4) is 0 Å². The number of hydrogen-bond acceptors (Lipinski definition) is 4. The zero-order valence-electron chi connectivity index (χ0n) is 16.2. The van der Waals surface area contributed by atoms with Crippen LogP contribution < -0.4 is 5.32 Å². The van der Waals surface area contributed by atoms with Crippen LogP contribution >= 0.6 is 11.3 Å². The highest BCUT2D eigenvalue weighted by Crippen LogP contribution is 2.37. The third-order valence-electron chi connectivity index (χ3n) is 5.23. The summed E-state index contributed by atoms with van der Waals surface area (Å²) in [5, 5.41) is 13.4. The summed E-state index contributed by atoms with van der Waals surface area (Å²) >= 11 is 1.55. The van der Waals surface area contributed by atoms with Crippen LogP contribution in [0, 0.1) is 11.3 Å². The second-order valence-corrected chi connectivity index (χ2v) is 8.40. The lowest BCUT2D eigenvalue weighted by Crippen LogP contribution is -2.29. The number of rotatable bonds is 6. The van der Waals surface area contributed by atoms with Crippen molar-refractivity contribution in [3.8, 4) is 6.07 Å². The minimum atomic E-state index is -0.0370. The standard InChI is InChI=1S/C24H23N3OS/c25-15-21-20-13-14-27(16-19-9-5-2-6-10-19)17-22(20)29-24(21)26-23(28)12-11-18-7-3-1-4-8-18/h1-10H,11-14,16-17H2,(H,26,28). The molecule has 1 aliphatic rings. The van der Waals surface area contributed by atoms with Gasteiger partial charge in [-0.05, 0) is 29.5 Å². The highest BCUT2D eigenvalue weighted by molar-refractivity contribution is 7.16. The van der Waals surface area contributed by atoms with Gasteiger partial charge in [-0.3, -0.25) is 9.69 Å². The number of thiophene rings is 1. The van der Waals surface area contributed by atoms with Gasteiger partial charge in [-0.2, -0.15) is 5.26 Å². The molecule has 1 aromatic heterocycles. The molecular formula is C24H23N3OS. The number of nitrogens with zero attached hydrogens (tertiary/aromatic N) is 2. The van der Waals surface area contributed by atoms with E-state index in [4.69, 9.17) is 0 Å². The van der Waals surface area contributed by atoms with Gasteiger partial charge in [0.15, 0.2) is 0 Å². The van der Waals surface area contributed by atoms with E-state index in [2.05, 4.69) is 40.6 Å². The third kappa shape index (κ3) is 4.73. The average Bonchev–Trinajstić information content (AvgIpc) is 3.09. The van der Waals surface area contributed by atoms with E-state index in [0.717, 1.165) is 37.2 Å². The second kappa shape index (κ2) is 9.04. The Morgan fingerprint density at radius 2 is 1.76 bits per heavy atom. The molecule has 0 radical (unpaired) electrons. The fraction of sp³-hybridized carbons (Fsp3) is 0.250. The van der Waals surface area contributed by atoms with Gasteiger partial charge < -0.3 is 5.32 Å². The number of carbonyl (C=O) groups is 1. The lowest BCUT2D eigenvalue weighted by atomic mass is 10.0. The van der Waals surface area contributed by atoms with E-state index in [-0.39, 0.29) is 5.91 Å². The van der Waals surface area contributed by atoms with Gasteiger partial charge >= 0.3 is 0 Å². The van der Waals surface area contributed by atoms with Crippen LogP contribution in [0.25, 0.3) is 0 Å². The largest absolute Gasteiger partial charge is 0.317 e.